The minimum atomic E-state index is -0.803. The average molecular weight is 821 g/mol. The van der Waals surface area contributed by atoms with Crippen molar-refractivity contribution in [3.63, 3.8) is 0 Å². The highest BCUT2D eigenvalue weighted by molar-refractivity contribution is 5.71. The van der Waals surface area contributed by atoms with Crippen molar-refractivity contribution in [1.29, 1.82) is 0 Å². The molecule has 0 rings (SSSR count). The molecule has 0 amide bonds. The molecule has 0 heterocycles. The number of esters is 3. The molecule has 0 aromatic heterocycles. The van der Waals surface area contributed by atoms with Gasteiger partial charge in [0.05, 0.1) is 0 Å². The van der Waals surface area contributed by atoms with Gasteiger partial charge in [-0.25, -0.2) is 0 Å². The summed E-state index contributed by atoms with van der Waals surface area (Å²) in [4.78, 5) is 37.8. The molecule has 59 heavy (non-hydrogen) atoms. The number of allylic oxidation sites excluding steroid dienone is 14. The van der Waals surface area contributed by atoms with Crippen LogP contribution in [0.4, 0.5) is 0 Å². The molecule has 0 aliphatic carbocycles. The van der Waals surface area contributed by atoms with Crippen molar-refractivity contribution in [3.8, 4) is 0 Å². The number of rotatable bonds is 42. The molecule has 0 aromatic carbocycles. The lowest BCUT2D eigenvalue weighted by molar-refractivity contribution is -0.167. The highest BCUT2D eigenvalue weighted by atomic mass is 16.6. The molecule has 0 radical (unpaired) electrons. The van der Waals surface area contributed by atoms with Crippen molar-refractivity contribution in [2.24, 2.45) is 0 Å². The van der Waals surface area contributed by atoms with Gasteiger partial charge in [0.2, 0.25) is 0 Å². The zero-order chi connectivity index (χ0) is 43.0. The van der Waals surface area contributed by atoms with Gasteiger partial charge < -0.3 is 14.2 Å². The molecular weight excluding hydrogens is 733 g/mol. The van der Waals surface area contributed by atoms with Crippen LogP contribution < -0.4 is 0 Å². The normalized spacial score (nSPS) is 12.8. The first-order chi connectivity index (χ1) is 29.0. The van der Waals surface area contributed by atoms with E-state index in [2.05, 4.69) is 69.4 Å². The summed E-state index contributed by atoms with van der Waals surface area (Å²) in [5.74, 6) is -0.962. The van der Waals surface area contributed by atoms with E-state index in [1.807, 2.05) is 36.5 Å². The fourth-order valence-electron chi connectivity index (χ4n) is 6.45. The Balaban J connectivity index is 4.46. The fourth-order valence-corrected chi connectivity index (χ4v) is 6.45. The maximum atomic E-state index is 12.7. The van der Waals surface area contributed by atoms with Gasteiger partial charge in [0, 0.05) is 19.3 Å². The number of hydrogen-bond donors (Lipinski definition) is 0. The van der Waals surface area contributed by atoms with Crippen LogP contribution in [0.2, 0.25) is 0 Å². The molecule has 0 N–H and O–H groups in total. The Labute approximate surface area is 363 Å². The van der Waals surface area contributed by atoms with E-state index in [0.29, 0.717) is 19.3 Å². The van der Waals surface area contributed by atoms with Crippen LogP contribution in [0.1, 0.15) is 213 Å². The van der Waals surface area contributed by atoms with E-state index in [4.69, 9.17) is 14.2 Å². The molecule has 1 unspecified atom stereocenters. The smallest absolute Gasteiger partial charge is 0.306 e. The summed E-state index contributed by atoms with van der Waals surface area (Å²) < 4.78 is 16.7. The number of carbonyl (C=O) groups is 3. The van der Waals surface area contributed by atoms with Crippen LogP contribution in [0.3, 0.4) is 0 Å². The van der Waals surface area contributed by atoms with Gasteiger partial charge in [0.1, 0.15) is 13.2 Å². The van der Waals surface area contributed by atoms with Crippen LogP contribution in [-0.4, -0.2) is 37.2 Å². The molecule has 0 bridgehead atoms. The van der Waals surface area contributed by atoms with Crippen molar-refractivity contribution >= 4 is 17.9 Å². The van der Waals surface area contributed by atoms with E-state index in [1.165, 1.54) is 77.0 Å². The third-order valence-corrected chi connectivity index (χ3v) is 10.1. The topological polar surface area (TPSA) is 78.9 Å². The van der Waals surface area contributed by atoms with Gasteiger partial charge >= 0.3 is 17.9 Å². The number of carbonyl (C=O) groups excluding carboxylic acids is 3. The summed E-state index contributed by atoms with van der Waals surface area (Å²) in [5, 5.41) is 0. The first-order valence-electron chi connectivity index (χ1n) is 24.2. The zero-order valence-electron chi connectivity index (χ0n) is 38.2. The Morgan fingerprint density at radius 1 is 0.356 bits per heavy atom. The first kappa shape index (κ1) is 55.6. The van der Waals surface area contributed by atoms with Gasteiger partial charge in [-0.1, -0.05) is 221 Å². The Morgan fingerprint density at radius 3 is 1.05 bits per heavy atom. The van der Waals surface area contributed by atoms with Crippen molar-refractivity contribution in [2.75, 3.05) is 13.2 Å². The maximum Gasteiger partial charge on any atom is 0.306 e. The third kappa shape index (κ3) is 45.5. The van der Waals surface area contributed by atoms with Crippen molar-refractivity contribution < 1.29 is 28.6 Å². The number of ether oxygens (including phenoxy) is 3. The highest BCUT2D eigenvalue weighted by Crippen LogP contribution is 2.15. The molecule has 0 saturated heterocycles. The lowest BCUT2D eigenvalue weighted by atomic mass is 10.0. The molecular formula is C53H88O6. The van der Waals surface area contributed by atoms with E-state index in [9.17, 15) is 14.4 Å². The standard InChI is InChI=1S/C53H88O6/c1-4-7-10-13-16-19-22-25-26-29-31-34-37-40-43-46-52(55)58-49-50(59-53(56)47-44-41-38-35-32-28-24-21-18-15-12-9-6-3)48-57-51(54)45-42-39-36-33-30-27-23-20-17-14-11-8-5-2/h8-9,11-12,14-15,17-18,20-21,23-24,28,32,50H,4-7,10,13,16,19,22,25-27,29-31,33-49H2,1-3H3/b11-8+,12-9+,17-14+,18-15+,23-20+,24-21+,32-28+. The second-order valence-corrected chi connectivity index (χ2v) is 15.8. The van der Waals surface area contributed by atoms with E-state index in [-0.39, 0.29) is 37.5 Å². The largest absolute Gasteiger partial charge is 0.462 e. The molecule has 1 atom stereocenters. The van der Waals surface area contributed by atoms with Crippen LogP contribution in [0.5, 0.6) is 0 Å². The van der Waals surface area contributed by atoms with Crippen molar-refractivity contribution in [2.45, 2.75) is 219 Å². The summed E-state index contributed by atoms with van der Waals surface area (Å²) in [6.07, 6.45) is 59.9. The zero-order valence-corrected chi connectivity index (χ0v) is 38.2. The van der Waals surface area contributed by atoms with E-state index in [1.54, 1.807) is 0 Å². The Hall–Kier alpha value is -3.41. The molecule has 6 heteroatoms. The summed E-state index contributed by atoms with van der Waals surface area (Å²) in [6, 6.07) is 0. The predicted molar refractivity (Wildman–Crippen MR) is 251 cm³/mol. The second kappa shape index (κ2) is 47.3. The van der Waals surface area contributed by atoms with Crippen LogP contribution >= 0.6 is 0 Å². The minimum Gasteiger partial charge on any atom is -0.462 e. The maximum absolute atomic E-state index is 12.7. The van der Waals surface area contributed by atoms with Gasteiger partial charge in [-0.05, 0) is 57.8 Å². The minimum absolute atomic E-state index is 0.0985. The van der Waals surface area contributed by atoms with Gasteiger partial charge in [-0.15, -0.1) is 0 Å². The second-order valence-electron chi connectivity index (χ2n) is 15.8. The van der Waals surface area contributed by atoms with Gasteiger partial charge in [0.15, 0.2) is 6.10 Å². The molecule has 0 spiro atoms. The highest BCUT2D eigenvalue weighted by Gasteiger charge is 2.19. The molecule has 336 valence electrons. The van der Waals surface area contributed by atoms with Gasteiger partial charge in [-0.3, -0.25) is 14.4 Å². The third-order valence-electron chi connectivity index (χ3n) is 10.1. The SMILES string of the molecule is CC/C=C/C=C/C=C/C=C/CCCCCC(=O)OC(COC(=O)CCCCCCC/C=C/C=C/C=C/CC)COC(=O)CCCCCCCCCCCCCCCCC. The van der Waals surface area contributed by atoms with Crippen molar-refractivity contribution in [3.05, 3.63) is 85.1 Å². The Kier molecular flexibility index (Phi) is 44.5. The number of unbranched alkanes of at least 4 members (excludes halogenated alkanes) is 22. The van der Waals surface area contributed by atoms with Crippen LogP contribution in [0.25, 0.3) is 0 Å². The lowest BCUT2D eigenvalue weighted by Crippen LogP contribution is -2.30. The number of hydrogen-bond acceptors (Lipinski definition) is 6. The van der Waals surface area contributed by atoms with Crippen LogP contribution in [0.15, 0.2) is 85.1 Å². The average Bonchev–Trinajstić information content (AvgIpc) is 3.23. The molecule has 0 saturated carbocycles. The summed E-state index contributed by atoms with van der Waals surface area (Å²) in [5.41, 5.74) is 0. The van der Waals surface area contributed by atoms with E-state index >= 15 is 0 Å². The molecule has 0 aliphatic heterocycles. The fraction of sp³-hybridized carbons (Fsp3) is 0.679. The predicted octanol–water partition coefficient (Wildman–Crippen LogP) is 15.6. The molecule has 6 nitrogen and oxygen atoms in total. The molecule has 0 aliphatic rings. The van der Waals surface area contributed by atoms with Crippen molar-refractivity contribution in [1.82, 2.24) is 0 Å². The van der Waals surface area contributed by atoms with Crippen LogP contribution in [-0.2, 0) is 28.6 Å². The Bertz CT molecular complexity index is 1170. The van der Waals surface area contributed by atoms with E-state index in [0.717, 1.165) is 89.9 Å². The van der Waals surface area contributed by atoms with Gasteiger partial charge in [0.25, 0.3) is 0 Å². The van der Waals surface area contributed by atoms with Gasteiger partial charge in [-0.2, -0.15) is 0 Å². The molecule has 0 fully saturated rings. The van der Waals surface area contributed by atoms with E-state index < -0.39 is 6.10 Å². The quantitative estimate of drug-likeness (QED) is 0.0264. The summed E-state index contributed by atoms with van der Waals surface area (Å²) in [6.45, 7) is 6.30. The van der Waals surface area contributed by atoms with Crippen LogP contribution in [0, 0.1) is 0 Å². The summed E-state index contributed by atoms with van der Waals surface area (Å²) in [7, 11) is 0. The molecule has 0 aromatic rings. The lowest BCUT2D eigenvalue weighted by Gasteiger charge is -2.18. The first-order valence-corrected chi connectivity index (χ1v) is 24.2. The monoisotopic (exact) mass is 821 g/mol. The Morgan fingerprint density at radius 2 is 0.661 bits per heavy atom. The summed E-state index contributed by atoms with van der Waals surface area (Å²) >= 11 is 0.